The lowest BCUT2D eigenvalue weighted by atomic mass is 9.80. The van der Waals surface area contributed by atoms with E-state index in [4.69, 9.17) is 0 Å². The molecule has 0 nitrogen and oxygen atoms in total. The Labute approximate surface area is 121 Å². The number of fused-ring (bicyclic) bond motifs is 2. The molecule has 0 aromatic heterocycles. The van der Waals surface area contributed by atoms with Crippen molar-refractivity contribution >= 4 is 21.5 Å². The third kappa shape index (κ3) is 2.31. The van der Waals surface area contributed by atoms with E-state index in [1.165, 1.54) is 39.9 Å². The van der Waals surface area contributed by atoms with Gasteiger partial charge in [0.1, 0.15) is 0 Å². The molecule has 0 saturated carbocycles. The second-order valence-electron chi connectivity index (χ2n) is 6.40. The van der Waals surface area contributed by atoms with Gasteiger partial charge in [-0.1, -0.05) is 69.7 Å². The average Bonchev–Trinajstić information content (AvgIpc) is 2.44. The van der Waals surface area contributed by atoms with Gasteiger partial charge < -0.3 is 0 Å². The van der Waals surface area contributed by atoms with Crippen LogP contribution in [0.3, 0.4) is 0 Å². The average molecular weight is 262 g/mol. The van der Waals surface area contributed by atoms with Crippen molar-refractivity contribution in [3.8, 4) is 0 Å². The third-order valence-electron chi connectivity index (χ3n) is 4.36. The normalized spacial score (nSPS) is 12.2. The van der Waals surface area contributed by atoms with Crippen LogP contribution in [-0.2, 0) is 5.41 Å². The summed E-state index contributed by atoms with van der Waals surface area (Å²) >= 11 is 0. The van der Waals surface area contributed by atoms with Gasteiger partial charge >= 0.3 is 0 Å². The Balaban J connectivity index is 2.17. The Kier molecular flexibility index (Phi) is 3.25. The first kappa shape index (κ1) is 13.2. The van der Waals surface area contributed by atoms with Crippen molar-refractivity contribution < 1.29 is 0 Å². The number of rotatable bonds is 3. The Hall–Kier alpha value is -1.82. The standard InChI is InChI=1S/C20H22/c1-4-11-20(2,3)19-10-9-17-12-15-7-5-6-8-16(15)13-18(17)14-19/h5-10,12-14H,4,11H2,1-3H3. The molecule has 0 aliphatic rings. The molecule has 0 N–H and O–H groups in total. The van der Waals surface area contributed by atoms with E-state index in [0.717, 1.165) is 0 Å². The molecule has 3 rings (SSSR count). The van der Waals surface area contributed by atoms with Gasteiger partial charge in [0.2, 0.25) is 0 Å². The maximum Gasteiger partial charge on any atom is -0.0103 e. The minimum absolute atomic E-state index is 0.259. The van der Waals surface area contributed by atoms with Crippen molar-refractivity contribution in [1.29, 1.82) is 0 Å². The quantitative estimate of drug-likeness (QED) is 0.502. The minimum Gasteiger partial charge on any atom is -0.0654 e. The Morgan fingerprint density at radius 2 is 1.35 bits per heavy atom. The lowest BCUT2D eigenvalue weighted by Gasteiger charge is -2.25. The van der Waals surface area contributed by atoms with Crippen molar-refractivity contribution in [1.82, 2.24) is 0 Å². The van der Waals surface area contributed by atoms with Crippen LogP contribution in [0.15, 0.2) is 54.6 Å². The molecule has 0 amide bonds. The van der Waals surface area contributed by atoms with Crippen molar-refractivity contribution in [2.24, 2.45) is 0 Å². The second kappa shape index (κ2) is 4.94. The molecule has 3 aromatic rings. The summed E-state index contributed by atoms with van der Waals surface area (Å²) in [6, 6.07) is 20.1. The molecular formula is C20H22. The number of hydrogen-bond acceptors (Lipinski definition) is 0. The smallest absolute Gasteiger partial charge is 0.0103 e. The molecule has 0 saturated heterocycles. The first-order chi connectivity index (χ1) is 9.60. The van der Waals surface area contributed by atoms with Gasteiger partial charge in [0.15, 0.2) is 0 Å². The Morgan fingerprint density at radius 3 is 2.00 bits per heavy atom. The lowest BCUT2D eigenvalue weighted by molar-refractivity contribution is 0.473. The number of hydrogen-bond donors (Lipinski definition) is 0. The minimum atomic E-state index is 0.259. The van der Waals surface area contributed by atoms with E-state index in [1.54, 1.807) is 0 Å². The molecule has 0 bridgehead atoms. The van der Waals surface area contributed by atoms with E-state index in [1.807, 2.05) is 0 Å². The topological polar surface area (TPSA) is 0 Å². The molecular weight excluding hydrogens is 240 g/mol. The van der Waals surface area contributed by atoms with Crippen LogP contribution in [0, 0.1) is 0 Å². The summed E-state index contributed by atoms with van der Waals surface area (Å²) in [7, 11) is 0. The van der Waals surface area contributed by atoms with Crippen LogP contribution in [0.5, 0.6) is 0 Å². The van der Waals surface area contributed by atoms with Crippen molar-refractivity contribution in [2.45, 2.75) is 39.0 Å². The van der Waals surface area contributed by atoms with Gasteiger partial charge in [0.25, 0.3) is 0 Å². The number of benzene rings is 3. The van der Waals surface area contributed by atoms with Crippen molar-refractivity contribution in [2.75, 3.05) is 0 Å². The Morgan fingerprint density at radius 1 is 0.750 bits per heavy atom. The van der Waals surface area contributed by atoms with Crippen molar-refractivity contribution in [3.05, 3.63) is 60.2 Å². The maximum atomic E-state index is 2.37. The highest BCUT2D eigenvalue weighted by atomic mass is 14.2. The molecule has 0 fully saturated rings. The zero-order valence-electron chi connectivity index (χ0n) is 12.6. The molecule has 3 aromatic carbocycles. The van der Waals surface area contributed by atoms with Crippen LogP contribution in [0.4, 0.5) is 0 Å². The summed E-state index contributed by atoms with van der Waals surface area (Å²) < 4.78 is 0. The molecule has 0 atom stereocenters. The SMILES string of the molecule is CCCC(C)(C)c1ccc2cc3ccccc3cc2c1. The molecule has 0 aliphatic carbocycles. The van der Waals surface area contributed by atoms with E-state index in [0.29, 0.717) is 0 Å². The van der Waals surface area contributed by atoms with Crippen LogP contribution in [-0.4, -0.2) is 0 Å². The van der Waals surface area contributed by atoms with Gasteiger partial charge in [0, 0.05) is 0 Å². The van der Waals surface area contributed by atoms with E-state index < -0.39 is 0 Å². The highest BCUT2D eigenvalue weighted by Gasteiger charge is 2.19. The zero-order chi connectivity index (χ0) is 14.2. The van der Waals surface area contributed by atoms with Gasteiger partial charge in [-0.3, -0.25) is 0 Å². The summed E-state index contributed by atoms with van der Waals surface area (Å²) in [6.45, 7) is 6.95. The molecule has 0 heterocycles. The monoisotopic (exact) mass is 262 g/mol. The molecule has 0 aliphatic heterocycles. The lowest BCUT2D eigenvalue weighted by Crippen LogP contribution is -2.16. The van der Waals surface area contributed by atoms with Gasteiger partial charge in [-0.15, -0.1) is 0 Å². The van der Waals surface area contributed by atoms with Crippen LogP contribution >= 0.6 is 0 Å². The molecule has 0 unspecified atom stereocenters. The van der Waals surface area contributed by atoms with E-state index in [2.05, 4.69) is 75.4 Å². The summed E-state index contributed by atoms with van der Waals surface area (Å²) in [6.07, 6.45) is 2.45. The third-order valence-corrected chi connectivity index (χ3v) is 4.36. The van der Waals surface area contributed by atoms with Crippen LogP contribution in [0.1, 0.15) is 39.2 Å². The Bertz CT molecular complexity index is 750. The summed E-state index contributed by atoms with van der Waals surface area (Å²) in [4.78, 5) is 0. The summed E-state index contributed by atoms with van der Waals surface area (Å²) in [5.41, 5.74) is 1.70. The van der Waals surface area contributed by atoms with E-state index >= 15 is 0 Å². The zero-order valence-corrected chi connectivity index (χ0v) is 12.6. The first-order valence-electron chi connectivity index (χ1n) is 7.53. The van der Waals surface area contributed by atoms with Gasteiger partial charge in [-0.2, -0.15) is 0 Å². The fourth-order valence-electron chi connectivity index (χ4n) is 3.13. The first-order valence-corrected chi connectivity index (χ1v) is 7.53. The molecule has 102 valence electrons. The van der Waals surface area contributed by atoms with Gasteiger partial charge in [0.05, 0.1) is 0 Å². The predicted octanol–water partition coefficient (Wildman–Crippen LogP) is 6.07. The van der Waals surface area contributed by atoms with Gasteiger partial charge in [-0.25, -0.2) is 0 Å². The van der Waals surface area contributed by atoms with Crippen molar-refractivity contribution in [3.63, 3.8) is 0 Å². The van der Waals surface area contributed by atoms with E-state index in [-0.39, 0.29) is 5.41 Å². The van der Waals surface area contributed by atoms with Crippen LogP contribution < -0.4 is 0 Å². The fraction of sp³-hybridized carbons (Fsp3) is 0.300. The maximum absolute atomic E-state index is 2.37. The molecule has 0 spiro atoms. The summed E-state index contributed by atoms with van der Waals surface area (Å²) in [5.74, 6) is 0. The highest BCUT2D eigenvalue weighted by Crippen LogP contribution is 2.32. The largest absolute Gasteiger partial charge is 0.0654 e. The molecule has 0 heteroatoms. The fourth-order valence-corrected chi connectivity index (χ4v) is 3.13. The highest BCUT2D eigenvalue weighted by molar-refractivity contribution is 5.98. The van der Waals surface area contributed by atoms with Crippen LogP contribution in [0.25, 0.3) is 21.5 Å². The summed E-state index contributed by atoms with van der Waals surface area (Å²) in [5, 5.41) is 5.33. The molecule has 20 heavy (non-hydrogen) atoms. The second-order valence-corrected chi connectivity index (χ2v) is 6.40. The van der Waals surface area contributed by atoms with E-state index in [9.17, 15) is 0 Å². The van der Waals surface area contributed by atoms with Gasteiger partial charge in [-0.05, 0) is 51.1 Å². The van der Waals surface area contributed by atoms with Crippen LogP contribution in [0.2, 0.25) is 0 Å². The molecule has 0 radical (unpaired) electrons. The predicted molar refractivity (Wildman–Crippen MR) is 89.4 cm³/mol.